The highest BCUT2D eigenvalue weighted by Gasteiger charge is 2.25. The van der Waals surface area contributed by atoms with Crippen molar-refractivity contribution in [2.24, 2.45) is 5.92 Å². The molecule has 27 heavy (non-hydrogen) atoms. The molecule has 1 aromatic rings. The first-order chi connectivity index (χ1) is 13.0. The van der Waals surface area contributed by atoms with Crippen molar-refractivity contribution >= 4 is 23.4 Å². The van der Waals surface area contributed by atoms with Gasteiger partial charge in [-0.1, -0.05) is 37.3 Å². The number of hydrogen-bond acceptors (Lipinski definition) is 4. The number of nitrogens with zero attached hydrogens (tertiary/aromatic N) is 3. The van der Waals surface area contributed by atoms with Gasteiger partial charge in [0.2, 0.25) is 17.0 Å². The minimum absolute atomic E-state index is 0.0981. The molecule has 2 heterocycles. The zero-order chi connectivity index (χ0) is 19.2. The number of hydrogen-bond donors (Lipinski definition) is 0. The zero-order valence-electron chi connectivity index (χ0n) is 16.2. The molecule has 0 spiro atoms. The van der Waals surface area contributed by atoms with Gasteiger partial charge in [0.25, 0.3) is 0 Å². The van der Waals surface area contributed by atoms with Crippen LogP contribution in [0.3, 0.4) is 0 Å². The highest BCUT2D eigenvalue weighted by atomic mass is 35.5. The monoisotopic (exact) mass is 395 g/mol. The molecule has 0 atom stereocenters. The quantitative estimate of drug-likeness (QED) is 0.738. The standard InChI is InChI=1S/C20H30ClN3O3/c1-15-17(20(21)27-22-15)8-10-19(26)24-13-11-23(12-14-24)18(25)9-7-16-5-3-2-4-6-16/h16H,2-14H2,1H3. The Morgan fingerprint density at radius 3 is 2.19 bits per heavy atom. The number of aromatic nitrogens is 1. The molecule has 1 aliphatic heterocycles. The number of rotatable bonds is 6. The van der Waals surface area contributed by atoms with E-state index in [1.807, 2.05) is 16.7 Å². The Morgan fingerprint density at radius 2 is 1.63 bits per heavy atom. The molecule has 6 nitrogen and oxygen atoms in total. The Kier molecular flexibility index (Phi) is 7.16. The predicted octanol–water partition coefficient (Wildman–Crippen LogP) is 3.60. The number of aryl methyl sites for hydroxylation is 1. The summed E-state index contributed by atoms with van der Waals surface area (Å²) in [6.07, 6.45) is 9.16. The van der Waals surface area contributed by atoms with Crippen LogP contribution in [0, 0.1) is 12.8 Å². The summed E-state index contributed by atoms with van der Waals surface area (Å²) in [7, 11) is 0. The fraction of sp³-hybridized carbons (Fsp3) is 0.750. The van der Waals surface area contributed by atoms with Gasteiger partial charge >= 0.3 is 0 Å². The van der Waals surface area contributed by atoms with Crippen molar-refractivity contribution in [3.05, 3.63) is 16.5 Å². The van der Waals surface area contributed by atoms with Crippen molar-refractivity contribution in [2.45, 2.75) is 64.7 Å². The number of amides is 2. The van der Waals surface area contributed by atoms with Crippen LogP contribution in [0.1, 0.15) is 62.6 Å². The summed E-state index contributed by atoms with van der Waals surface area (Å²) in [6.45, 7) is 4.34. The zero-order valence-corrected chi connectivity index (χ0v) is 17.0. The molecule has 1 aromatic heterocycles. The van der Waals surface area contributed by atoms with E-state index in [2.05, 4.69) is 5.16 Å². The topological polar surface area (TPSA) is 66.7 Å². The third-order valence-corrected chi connectivity index (χ3v) is 6.30. The summed E-state index contributed by atoms with van der Waals surface area (Å²) in [5, 5.41) is 4.08. The van der Waals surface area contributed by atoms with Crippen LogP contribution in [-0.4, -0.2) is 52.9 Å². The molecule has 7 heteroatoms. The summed E-state index contributed by atoms with van der Waals surface area (Å²) < 4.78 is 4.93. The fourth-order valence-electron chi connectivity index (χ4n) is 4.20. The van der Waals surface area contributed by atoms with E-state index in [1.165, 1.54) is 32.1 Å². The lowest BCUT2D eigenvalue weighted by atomic mass is 9.86. The van der Waals surface area contributed by atoms with E-state index in [4.69, 9.17) is 16.1 Å². The Hall–Kier alpha value is -1.56. The van der Waals surface area contributed by atoms with E-state index in [0.717, 1.165) is 23.6 Å². The van der Waals surface area contributed by atoms with Gasteiger partial charge in [-0.25, -0.2) is 0 Å². The third-order valence-electron chi connectivity index (χ3n) is 6.00. The average molecular weight is 396 g/mol. The summed E-state index contributed by atoms with van der Waals surface area (Å²) in [4.78, 5) is 28.7. The normalized spacial score (nSPS) is 18.7. The van der Waals surface area contributed by atoms with Gasteiger partial charge < -0.3 is 14.3 Å². The fourth-order valence-corrected chi connectivity index (χ4v) is 4.46. The molecule has 1 saturated heterocycles. The SMILES string of the molecule is Cc1noc(Cl)c1CCC(=O)N1CCN(C(=O)CCC2CCCCC2)CC1. The van der Waals surface area contributed by atoms with Crippen molar-refractivity contribution < 1.29 is 14.1 Å². The third kappa shape index (κ3) is 5.47. The largest absolute Gasteiger partial charge is 0.344 e. The Balaban J connectivity index is 1.37. The van der Waals surface area contributed by atoms with Gasteiger partial charge in [0.15, 0.2) is 0 Å². The number of carbonyl (C=O) groups excluding carboxylic acids is 2. The molecule has 0 unspecified atom stereocenters. The lowest BCUT2D eigenvalue weighted by Crippen LogP contribution is -2.50. The molecule has 1 saturated carbocycles. The first-order valence-corrected chi connectivity index (χ1v) is 10.6. The van der Waals surface area contributed by atoms with Crippen molar-refractivity contribution in [1.82, 2.24) is 15.0 Å². The minimum Gasteiger partial charge on any atom is -0.344 e. The molecule has 2 amide bonds. The molecule has 0 aromatic carbocycles. The Labute approximate surface area is 166 Å². The minimum atomic E-state index is 0.0981. The summed E-state index contributed by atoms with van der Waals surface area (Å²) in [5.74, 6) is 1.08. The van der Waals surface area contributed by atoms with Crippen molar-refractivity contribution in [3.63, 3.8) is 0 Å². The van der Waals surface area contributed by atoms with Crippen LogP contribution in [0.5, 0.6) is 0 Å². The smallest absolute Gasteiger partial charge is 0.229 e. The highest BCUT2D eigenvalue weighted by Crippen LogP contribution is 2.27. The molecule has 0 radical (unpaired) electrons. The van der Waals surface area contributed by atoms with Crippen molar-refractivity contribution in [2.75, 3.05) is 26.2 Å². The maximum atomic E-state index is 12.5. The molecule has 3 rings (SSSR count). The van der Waals surface area contributed by atoms with Crippen LogP contribution in [-0.2, 0) is 16.0 Å². The first kappa shape index (κ1) is 20.2. The molecule has 1 aliphatic carbocycles. The van der Waals surface area contributed by atoms with Crippen molar-refractivity contribution in [3.8, 4) is 0 Å². The van der Waals surface area contributed by atoms with Crippen LogP contribution in [0.15, 0.2) is 4.52 Å². The molecule has 150 valence electrons. The van der Waals surface area contributed by atoms with E-state index in [1.54, 1.807) is 0 Å². The highest BCUT2D eigenvalue weighted by molar-refractivity contribution is 6.29. The molecule has 0 bridgehead atoms. The first-order valence-electron chi connectivity index (χ1n) is 10.2. The van der Waals surface area contributed by atoms with Gasteiger partial charge in [-0.15, -0.1) is 0 Å². The van der Waals surface area contributed by atoms with Crippen LogP contribution in [0.25, 0.3) is 0 Å². The van der Waals surface area contributed by atoms with Crippen LogP contribution >= 0.6 is 11.6 Å². The molecule has 2 fully saturated rings. The van der Waals surface area contributed by atoms with Crippen molar-refractivity contribution in [1.29, 1.82) is 0 Å². The van der Waals surface area contributed by atoms with E-state index in [0.29, 0.717) is 45.4 Å². The molecular formula is C20H30ClN3O3. The van der Waals surface area contributed by atoms with E-state index >= 15 is 0 Å². The van der Waals surface area contributed by atoms with Gasteiger partial charge in [-0.05, 0) is 37.3 Å². The maximum Gasteiger partial charge on any atom is 0.229 e. The summed E-state index contributed by atoms with van der Waals surface area (Å²) >= 11 is 5.96. The average Bonchev–Trinajstić information content (AvgIpc) is 3.02. The Bertz CT molecular complexity index is 627. The lowest BCUT2D eigenvalue weighted by molar-refractivity contribution is -0.139. The van der Waals surface area contributed by atoms with E-state index < -0.39 is 0 Å². The second kappa shape index (κ2) is 9.58. The molecular weight excluding hydrogens is 366 g/mol. The van der Waals surface area contributed by atoms with Gasteiger partial charge in [-0.3, -0.25) is 9.59 Å². The molecule has 2 aliphatic rings. The Morgan fingerprint density at radius 1 is 1.04 bits per heavy atom. The number of halogens is 1. The van der Waals surface area contributed by atoms with Crippen LogP contribution < -0.4 is 0 Å². The number of piperazine rings is 1. The number of carbonyl (C=O) groups is 2. The predicted molar refractivity (Wildman–Crippen MR) is 104 cm³/mol. The van der Waals surface area contributed by atoms with E-state index in [9.17, 15) is 9.59 Å². The summed E-state index contributed by atoms with van der Waals surface area (Å²) in [5.41, 5.74) is 1.54. The summed E-state index contributed by atoms with van der Waals surface area (Å²) in [6, 6.07) is 0. The van der Waals surface area contributed by atoms with Gasteiger partial charge in [0.1, 0.15) is 0 Å². The molecule has 0 N–H and O–H groups in total. The van der Waals surface area contributed by atoms with E-state index in [-0.39, 0.29) is 17.0 Å². The van der Waals surface area contributed by atoms with Gasteiger partial charge in [0.05, 0.1) is 5.69 Å². The lowest BCUT2D eigenvalue weighted by Gasteiger charge is -2.35. The van der Waals surface area contributed by atoms with Crippen LogP contribution in [0.2, 0.25) is 5.22 Å². The van der Waals surface area contributed by atoms with Crippen LogP contribution in [0.4, 0.5) is 0 Å². The van der Waals surface area contributed by atoms with Gasteiger partial charge in [0, 0.05) is 44.6 Å². The second-order valence-electron chi connectivity index (χ2n) is 7.82. The van der Waals surface area contributed by atoms with Gasteiger partial charge in [-0.2, -0.15) is 0 Å². The maximum absolute atomic E-state index is 12.5. The second-order valence-corrected chi connectivity index (χ2v) is 8.17.